The zero-order valence-corrected chi connectivity index (χ0v) is 22.5. The molecule has 0 amide bonds. The van der Waals surface area contributed by atoms with Gasteiger partial charge in [-0.2, -0.15) is 0 Å². The quantitative estimate of drug-likeness (QED) is 0.436. The van der Waals surface area contributed by atoms with E-state index in [9.17, 15) is 24.6 Å². The molecule has 0 radical (unpaired) electrons. The first-order valence-corrected chi connectivity index (χ1v) is 13.8. The summed E-state index contributed by atoms with van der Waals surface area (Å²) in [6.07, 6.45) is 9.71. The molecule has 3 unspecified atom stereocenters. The first kappa shape index (κ1) is 25.0. The molecule has 5 aliphatic rings. The Morgan fingerprint density at radius 2 is 1.51 bits per heavy atom. The fourth-order valence-corrected chi connectivity index (χ4v) is 10.5. The van der Waals surface area contributed by atoms with Crippen LogP contribution < -0.4 is 0 Å². The third-order valence-corrected chi connectivity index (χ3v) is 13.1. The zero-order valence-electron chi connectivity index (χ0n) is 22.5. The summed E-state index contributed by atoms with van der Waals surface area (Å²) in [6, 6.07) is 0. The Morgan fingerprint density at radius 3 is 2.14 bits per heavy atom. The van der Waals surface area contributed by atoms with Crippen LogP contribution in [0.4, 0.5) is 0 Å². The standard InChI is InChI=1S/C30H44O5/c1-25(2)20-9-12-29(6)21(27(20,4)11-10-22(25)31)8-7-18-19-17-26(3,23(32)33)13-15-30(19,24(34)35)16-14-28(18,29)5/h7,19-21H,8-17H2,1-6H3,(H,32,33)(H,34,35)/t19?,20?,21?,26-,27+,28-,29-,30+/m1/s1. The average Bonchev–Trinajstić information content (AvgIpc) is 2.77. The maximum Gasteiger partial charge on any atom is 0.310 e. The number of aliphatic carboxylic acids is 2. The van der Waals surface area contributed by atoms with E-state index >= 15 is 0 Å². The zero-order chi connectivity index (χ0) is 25.8. The van der Waals surface area contributed by atoms with Crippen LogP contribution in [-0.2, 0) is 14.4 Å². The molecule has 5 nitrogen and oxygen atoms in total. The lowest BCUT2D eigenvalue weighted by Gasteiger charge is -2.70. The molecule has 0 aromatic rings. The molecule has 0 bridgehead atoms. The number of hydrogen-bond donors (Lipinski definition) is 2. The van der Waals surface area contributed by atoms with E-state index in [0.29, 0.717) is 49.7 Å². The lowest BCUT2D eigenvalue weighted by molar-refractivity contribution is -0.191. The van der Waals surface area contributed by atoms with Crippen molar-refractivity contribution in [3.8, 4) is 0 Å². The van der Waals surface area contributed by atoms with Gasteiger partial charge in [0.1, 0.15) is 5.78 Å². The van der Waals surface area contributed by atoms with Crippen molar-refractivity contribution >= 4 is 17.7 Å². The van der Waals surface area contributed by atoms with Crippen LogP contribution in [0.25, 0.3) is 0 Å². The SMILES string of the molecule is CC1(C)C(=O)CC[C@@]2(C)C1CC[C@]1(C)C2CC=C2C3C[C@](C)(C(=O)O)CC[C@]3(C(=O)O)CC[C@]21C. The van der Waals surface area contributed by atoms with Gasteiger partial charge in [0, 0.05) is 11.8 Å². The van der Waals surface area contributed by atoms with E-state index in [0.717, 1.165) is 32.1 Å². The number of rotatable bonds is 2. The Kier molecular flexibility index (Phi) is 5.16. The maximum absolute atomic E-state index is 12.9. The second-order valence-corrected chi connectivity index (χ2v) is 14.5. The van der Waals surface area contributed by atoms with E-state index in [-0.39, 0.29) is 27.6 Å². The first-order chi connectivity index (χ1) is 16.1. The third-order valence-electron chi connectivity index (χ3n) is 13.1. The Labute approximate surface area is 210 Å². The molecular formula is C30H44O5. The number of carboxylic acid groups (broad SMARTS) is 2. The monoisotopic (exact) mass is 484 g/mol. The largest absolute Gasteiger partial charge is 0.481 e. The molecule has 5 rings (SSSR count). The lowest BCUT2D eigenvalue weighted by Crippen LogP contribution is -2.64. The van der Waals surface area contributed by atoms with Gasteiger partial charge in [-0.3, -0.25) is 14.4 Å². The number of carbonyl (C=O) groups is 3. The van der Waals surface area contributed by atoms with Gasteiger partial charge in [-0.1, -0.05) is 46.3 Å². The summed E-state index contributed by atoms with van der Waals surface area (Å²) >= 11 is 0. The molecule has 4 fully saturated rings. The van der Waals surface area contributed by atoms with E-state index in [1.165, 1.54) is 5.57 Å². The number of carbonyl (C=O) groups excluding carboxylic acids is 1. The molecule has 35 heavy (non-hydrogen) atoms. The Morgan fingerprint density at radius 1 is 0.857 bits per heavy atom. The van der Waals surface area contributed by atoms with Gasteiger partial charge in [0.15, 0.2) is 0 Å². The van der Waals surface area contributed by atoms with E-state index in [4.69, 9.17) is 0 Å². The summed E-state index contributed by atoms with van der Waals surface area (Å²) in [5.74, 6) is -0.539. The minimum atomic E-state index is -0.877. The van der Waals surface area contributed by atoms with Gasteiger partial charge in [-0.25, -0.2) is 0 Å². The summed E-state index contributed by atoms with van der Waals surface area (Å²) in [4.78, 5) is 37.9. The molecule has 0 aromatic heterocycles. The molecule has 0 saturated heterocycles. The van der Waals surface area contributed by atoms with Crippen molar-refractivity contribution in [2.24, 2.45) is 50.2 Å². The van der Waals surface area contributed by atoms with Crippen molar-refractivity contribution in [2.75, 3.05) is 0 Å². The molecule has 0 heterocycles. The highest BCUT2D eigenvalue weighted by molar-refractivity contribution is 5.85. The normalized spacial score (nSPS) is 50.6. The summed E-state index contributed by atoms with van der Waals surface area (Å²) in [5, 5.41) is 20.5. The van der Waals surface area contributed by atoms with Gasteiger partial charge < -0.3 is 10.2 Å². The van der Waals surface area contributed by atoms with Crippen LogP contribution >= 0.6 is 0 Å². The molecular weight excluding hydrogens is 440 g/mol. The number of allylic oxidation sites excluding steroid dienone is 2. The molecule has 8 atom stereocenters. The predicted molar refractivity (Wildman–Crippen MR) is 134 cm³/mol. The summed E-state index contributed by atoms with van der Waals surface area (Å²) < 4.78 is 0. The summed E-state index contributed by atoms with van der Waals surface area (Å²) in [5.41, 5.74) is -0.821. The topological polar surface area (TPSA) is 91.7 Å². The molecule has 2 N–H and O–H groups in total. The van der Waals surface area contributed by atoms with Crippen LogP contribution in [0.15, 0.2) is 11.6 Å². The molecule has 5 heteroatoms. The Balaban J connectivity index is 1.61. The van der Waals surface area contributed by atoms with Crippen LogP contribution in [0.5, 0.6) is 0 Å². The maximum atomic E-state index is 12.9. The molecule has 0 aliphatic heterocycles. The van der Waals surface area contributed by atoms with Crippen molar-refractivity contribution in [1.82, 2.24) is 0 Å². The van der Waals surface area contributed by atoms with Crippen molar-refractivity contribution in [2.45, 2.75) is 106 Å². The van der Waals surface area contributed by atoms with Crippen molar-refractivity contribution in [3.63, 3.8) is 0 Å². The smallest absolute Gasteiger partial charge is 0.310 e. The van der Waals surface area contributed by atoms with Crippen LogP contribution in [-0.4, -0.2) is 27.9 Å². The fourth-order valence-electron chi connectivity index (χ4n) is 10.5. The molecule has 0 aromatic carbocycles. The number of ketones is 1. The lowest BCUT2D eigenvalue weighted by atomic mass is 9.33. The average molecular weight is 485 g/mol. The van der Waals surface area contributed by atoms with Gasteiger partial charge in [-0.15, -0.1) is 0 Å². The van der Waals surface area contributed by atoms with Crippen LogP contribution in [0, 0.1) is 50.2 Å². The number of hydrogen-bond acceptors (Lipinski definition) is 3. The number of carboxylic acids is 2. The van der Waals surface area contributed by atoms with Crippen molar-refractivity contribution in [1.29, 1.82) is 0 Å². The molecule has 4 saturated carbocycles. The highest BCUT2D eigenvalue weighted by Gasteiger charge is 2.69. The van der Waals surface area contributed by atoms with Crippen LogP contribution in [0.2, 0.25) is 0 Å². The number of Topliss-reactive ketones (excluding diaryl/α,β-unsaturated/α-hetero) is 1. The van der Waals surface area contributed by atoms with E-state index in [1.54, 1.807) is 0 Å². The second-order valence-electron chi connectivity index (χ2n) is 14.5. The van der Waals surface area contributed by atoms with Gasteiger partial charge in [0.25, 0.3) is 0 Å². The predicted octanol–water partition coefficient (Wildman–Crippen LogP) is 6.51. The molecule has 194 valence electrons. The van der Waals surface area contributed by atoms with E-state index in [2.05, 4.69) is 40.7 Å². The van der Waals surface area contributed by atoms with E-state index in [1.807, 2.05) is 6.92 Å². The Bertz CT molecular complexity index is 1030. The van der Waals surface area contributed by atoms with Gasteiger partial charge in [-0.05, 0) is 98.7 Å². The van der Waals surface area contributed by atoms with E-state index < -0.39 is 22.8 Å². The van der Waals surface area contributed by atoms with Crippen molar-refractivity contribution in [3.05, 3.63) is 11.6 Å². The second kappa shape index (κ2) is 7.22. The fraction of sp³-hybridized carbons (Fsp3) is 0.833. The Hall–Kier alpha value is -1.65. The molecule has 5 aliphatic carbocycles. The number of fused-ring (bicyclic) bond motifs is 7. The molecule has 0 spiro atoms. The highest BCUT2D eigenvalue weighted by Crippen LogP contribution is 2.75. The van der Waals surface area contributed by atoms with Gasteiger partial charge >= 0.3 is 11.9 Å². The minimum Gasteiger partial charge on any atom is -0.481 e. The first-order valence-electron chi connectivity index (χ1n) is 13.8. The van der Waals surface area contributed by atoms with Crippen molar-refractivity contribution < 1.29 is 24.6 Å². The summed E-state index contributed by atoms with van der Waals surface area (Å²) in [6.45, 7) is 13.4. The van der Waals surface area contributed by atoms with Crippen LogP contribution in [0.3, 0.4) is 0 Å². The minimum absolute atomic E-state index is 0.0144. The van der Waals surface area contributed by atoms with Crippen LogP contribution in [0.1, 0.15) is 106 Å². The van der Waals surface area contributed by atoms with Gasteiger partial charge in [0.05, 0.1) is 10.8 Å². The van der Waals surface area contributed by atoms with Gasteiger partial charge in [0.2, 0.25) is 0 Å². The highest BCUT2D eigenvalue weighted by atomic mass is 16.4. The summed E-state index contributed by atoms with van der Waals surface area (Å²) in [7, 11) is 0. The third kappa shape index (κ3) is 2.90.